The van der Waals surface area contributed by atoms with E-state index in [-0.39, 0.29) is 0 Å². The summed E-state index contributed by atoms with van der Waals surface area (Å²) in [7, 11) is 1.96. The average molecular weight is 244 g/mol. The lowest BCUT2D eigenvalue weighted by atomic mass is 10.6. The first kappa shape index (κ1) is 8.58. The monoisotopic (exact) mass is 244 g/mol. The molecule has 2 nitrogen and oxygen atoms in total. The molecule has 0 heterocycles. The molecule has 0 saturated carbocycles. The van der Waals surface area contributed by atoms with Crippen molar-refractivity contribution in [1.82, 2.24) is 2.52 Å². The minimum atomic E-state index is 0.846. The largest absolute Gasteiger partial charge is 0.402 e. The standard InChI is InChI=1S/C4H9IN2S/c1-4(6)3-8-7(2)5/h3H,6H2,1-2H3/b4-3+. The van der Waals surface area contributed by atoms with Crippen LogP contribution in [0.5, 0.6) is 0 Å². The topological polar surface area (TPSA) is 29.3 Å². The van der Waals surface area contributed by atoms with Crippen LogP contribution in [0.3, 0.4) is 0 Å². The van der Waals surface area contributed by atoms with Gasteiger partial charge in [0.1, 0.15) is 0 Å². The number of hydrogen-bond acceptors (Lipinski definition) is 3. The molecule has 4 heteroatoms. The first-order chi connectivity index (χ1) is 3.63. The number of nitrogens with zero attached hydrogens (tertiary/aromatic N) is 1. The lowest BCUT2D eigenvalue weighted by molar-refractivity contribution is 1.02. The first-order valence-electron chi connectivity index (χ1n) is 2.11. The fourth-order valence-electron chi connectivity index (χ4n) is 0.156. The summed E-state index contributed by atoms with van der Waals surface area (Å²) in [6, 6.07) is 0. The van der Waals surface area contributed by atoms with Gasteiger partial charge in [0.25, 0.3) is 0 Å². The molecule has 0 aliphatic heterocycles. The third-order valence-corrected chi connectivity index (χ3v) is 1.83. The molecular weight excluding hydrogens is 235 g/mol. The minimum absolute atomic E-state index is 0.846. The Hall–Kier alpha value is 0.580. The van der Waals surface area contributed by atoms with Gasteiger partial charge in [-0.15, -0.1) is 0 Å². The zero-order valence-corrected chi connectivity index (χ0v) is 7.86. The van der Waals surface area contributed by atoms with Crippen molar-refractivity contribution in [2.45, 2.75) is 6.92 Å². The van der Waals surface area contributed by atoms with Crippen LogP contribution in [0, 0.1) is 0 Å². The Morgan fingerprint density at radius 3 is 2.50 bits per heavy atom. The summed E-state index contributed by atoms with van der Waals surface area (Å²) in [5.74, 6) is 0. The molecule has 0 atom stereocenters. The quantitative estimate of drug-likeness (QED) is 0.455. The van der Waals surface area contributed by atoms with Gasteiger partial charge in [-0.2, -0.15) is 2.52 Å². The highest BCUT2D eigenvalue weighted by Crippen LogP contribution is 2.13. The predicted octanol–water partition coefficient (Wildman–Crippen LogP) is 1.74. The van der Waals surface area contributed by atoms with E-state index >= 15 is 0 Å². The van der Waals surface area contributed by atoms with Gasteiger partial charge in [0, 0.05) is 41.0 Å². The van der Waals surface area contributed by atoms with Gasteiger partial charge in [0.15, 0.2) is 0 Å². The molecule has 0 rings (SSSR count). The van der Waals surface area contributed by atoms with Crippen LogP contribution in [-0.4, -0.2) is 9.57 Å². The summed E-state index contributed by atoms with van der Waals surface area (Å²) < 4.78 is 1.95. The number of allylic oxidation sites excluding steroid dienone is 1. The van der Waals surface area contributed by atoms with E-state index in [4.69, 9.17) is 5.73 Å². The third-order valence-electron chi connectivity index (χ3n) is 0.384. The molecule has 0 spiro atoms. The molecule has 0 amide bonds. The second-order valence-corrected chi connectivity index (χ2v) is 4.48. The van der Waals surface area contributed by atoms with Gasteiger partial charge in [-0.05, 0) is 18.9 Å². The molecule has 0 radical (unpaired) electrons. The first-order valence-corrected chi connectivity index (χ1v) is 3.91. The van der Waals surface area contributed by atoms with Gasteiger partial charge in [-0.3, -0.25) is 0 Å². The number of nitrogens with two attached hydrogens (primary N) is 1. The van der Waals surface area contributed by atoms with Crippen LogP contribution in [0.2, 0.25) is 0 Å². The van der Waals surface area contributed by atoms with Crippen LogP contribution in [0.1, 0.15) is 6.92 Å². The van der Waals surface area contributed by atoms with Crippen molar-refractivity contribution >= 4 is 34.8 Å². The van der Waals surface area contributed by atoms with E-state index in [1.165, 1.54) is 0 Å². The molecule has 0 aromatic carbocycles. The Balaban J connectivity index is 3.29. The number of halogens is 1. The maximum atomic E-state index is 5.35. The molecule has 0 bridgehead atoms. The van der Waals surface area contributed by atoms with Crippen molar-refractivity contribution in [2.75, 3.05) is 7.05 Å². The smallest absolute Gasteiger partial charge is 0.0319 e. The van der Waals surface area contributed by atoms with Gasteiger partial charge < -0.3 is 5.73 Å². The normalized spacial score (nSPS) is 12.8. The second-order valence-electron chi connectivity index (χ2n) is 1.39. The van der Waals surface area contributed by atoms with E-state index in [0.29, 0.717) is 0 Å². The Kier molecular flexibility index (Phi) is 4.78. The summed E-state index contributed by atoms with van der Waals surface area (Å²) in [6.07, 6.45) is 0. The Morgan fingerprint density at radius 2 is 2.38 bits per heavy atom. The van der Waals surface area contributed by atoms with E-state index in [1.54, 1.807) is 11.9 Å². The second kappa shape index (κ2) is 4.46. The van der Waals surface area contributed by atoms with Gasteiger partial charge >= 0.3 is 0 Å². The summed E-state index contributed by atoms with van der Waals surface area (Å²) in [5, 5.41) is 1.90. The van der Waals surface area contributed by atoms with Crippen LogP contribution < -0.4 is 5.73 Å². The van der Waals surface area contributed by atoms with Crippen LogP contribution >= 0.6 is 34.8 Å². The zero-order valence-electron chi connectivity index (χ0n) is 4.89. The Labute approximate surface area is 68.1 Å². The van der Waals surface area contributed by atoms with Crippen molar-refractivity contribution in [3.05, 3.63) is 11.1 Å². The molecule has 0 aliphatic carbocycles. The summed E-state index contributed by atoms with van der Waals surface area (Å²) in [6.45, 7) is 1.87. The molecule has 8 heavy (non-hydrogen) atoms. The predicted molar refractivity (Wildman–Crippen MR) is 47.3 cm³/mol. The van der Waals surface area contributed by atoms with Crippen molar-refractivity contribution in [2.24, 2.45) is 5.73 Å². The molecule has 0 aromatic heterocycles. The van der Waals surface area contributed by atoms with Gasteiger partial charge in [0.2, 0.25) is 0 Å². The molecule has 2 N–H and O–H groups in total. The fraction of sp³-hybridized carbons (Fsp3) is 0.500. The highest BCUT2D eigenvalue weighted by molar-refractivity contribution is 14.1. The average Bonchev–Trinajstić information content (AvgIpc) is 1.61. The molecule has 0 fully saturated rings. The van der Waals surface area contributed by atoms with Gasteiger partial charge in [-0.25, -0.2) is 0 Å². The maximum Gasteiger partial charge on any atom is 0.0319 e. The molecular formula is C4H9IN2S. The lowest BCUT2D eigenvalue weighted by Crippen LogP contribution is -1.91. The van der Waals surface area contributed by atoms with Crippen LogP contribution in [-0.2, 0) is 0 Å². The molecule has 48 valence electrons. The van der Waals surface area contributed by atoms with Crippen molar-refractivity contribution in [3.8, 4) is 0 Å². The van der Waals surface area contributed by atoms with E-state index in [2.05, 4.69) is 22.9 Å². The van der Waals surface area contributed by atoms with E-state index in [9.17, 15) is 0 Å². The maximum absolute atomic E-state index is 5.35. The molecule has 0 saturated heterocycles. The zero-order chi connectivity index (χ0) is 6.57. The number of hydrogen-bond donors (Lipinski definition) is 1. The summed E-state index contributed by atoms with van der Waals surface area (Å²) >= 11 is 3.74. The van der Waals surface area contributed by atoms with Crippen molar-refractivity contribution in [1.29, 1.82) is 0 Å². The lowest BCUT2D eigenvalue weighted by Gasteiger charge is -1.99. The van der Waals surface area contributed by atoms with E-state index in [1.807, 2.05) is 21.9 Å². The number of rotatable bonds is 2. The molecule has 0 aromatic rings. The van der Waals surface area contributed by atoms with Gasteiger partial charge in [-0.1, -0.05) is 0 Å². The van der Waals surface area contributed by atoms with E-state index < -0.39 is 0 Å². The summed E-state index contributed by atoms with van der Waals surface area (Å²) in [4.78, 5) is 0. The molecule has 0 aliphatic rings. The highest BCUT2D eigenvalue weighted by Gasteiger charge is 1.84. The SMILES string of the molecule is C/C(N)=C\SN(C)I. The molecule has 0 unspecified atom stereocenters. The highest BCUT2D eigenvalue weighted by atomic mass is 127. The van der Waals surface area contributed by atoms with E-state index in [0.717, 1.165) is 5.70 Å². The Morgan fingerprint density at radius 1 is 1.88 bits per heavy atom. The third kappa shape index (κ3) is 6.58. The van der Waals surface area contributed by atoms with Crippen LogP contribution in [0.4, 0.5) is 0 Å². The fourth-order valence-corrected chi connectivity index (χ4v) is 0.808. The Bertz CT molecular complexity index is 88.0. The minimum Gasteiger partial charge on any atom is -0.402 e. The van der Waals surface area contributed by atoms with Crippen LogP contribution in [0.25, 0.3) is 0 Å². The summed E-state index contributed by atoms with van der Waals surface area (Å²) in [5.41, 5.74) is 6.20. The van der Waals surface area contributed by atoms with Crippen molar-refractivity contribution in [3.63, 3.8) is 0 Å². The van der Waals surface area contributed by atoms with Crippen LogP contribution in [0.15, 0.2) is 11.1 Å². The van der Waals surface area contributed by atoms with Gasteiger partial charge in [0.05, 0.1) is 0 Å². The van der Waals surface area contributed by atoms with Crippen molar-refractivity contribution < 1.29 is 0 Å².